The third kappa shape index (κ3) is 4.28. The number of rotatable bonds is 7. The summed E-state index contributed by atoms with van der Waals surface area (Å²) in [6, 6.07) is 3.92. The van der Waals surface area contributed by atoms with Gasteiger partial charge in [-0.2, -0.15) is 0 Å². The summed E-state index contributed by atoms with van der Waals surface area (Å²) in [4.78, 5) is 2.70. The first-order chi connectivity index (χ1) is 12.7. The number of piperidine rings is 1. The SMILES string of the molecule is COc1ccc(CNCC2(N3CCCCC3)CCOCC2)c(Cl)c1OC. The molecule has 146 valence electrons. The molecular formula is C20H31ClN2O3. The normalized spacial score (nSPS) is 20.7. The predicted octanol–water partition coefficient (Wildman–Crippen LogP) is 3.48. The van der Waals surface area contributed by atoms with Gasteiger partial charge in [0.1, 0.15) is 0 Å². The molecular weight excluding hydrogens is 352 g/mol. The van der Waals surface area contributed by atoms with Crippen molar-refractivity contribution in [2.24, 2.45) is 0 Å². The predicted molar refractivity (Wildman–Crippen MR) is 104 cm³/mol. The molecule has 0 atom stereocenters. The molecule has 2 saturated heterocycles. The Morgan fingerprint density at radius 3 is 2.50 bits per heavy atom. The molecule has 26 heavy (non-hydrogen) atoms. The van der Waals surface area contributed by atoms with E-state index in [-0.39, 0.29) is 5.54 Å². The molecule has 0 amide bonds. The molecule has 0 saturated carbocycles. The number of benzene rings is 1. The van der Waals surface area contributed by atoms with E-state index in [0.717, 1.165) is 44.7 Å². The number of methoxy groups -OCH3 is 2. The van der Waals surface area contributed by atoms with Crippen LogP contribution in [0.5, 0.6) is 11.5 Å². The minimum Gasteiger partial charge on any atom is -0.493 e. The molecule has 3 rings (SSSR count). The first-order valence-electron chi connectivity index (χ1n) is 9.63. The quantitative estimate of drug-likeness (QED) is 0.782. The molecule has 0 spiro atoms. The van der Waals surface area contributed by atoms with E-state index >= 15 is 0 Å². The number of halogens is 1. The summed E-state index contributed by atoms with van der Waals surface area (Å²) >= 11 is 6.52. The van der Waals surface area contributed by atoms with E-state index < -0.39 is 0 Å². The highest BCUT2D eigenvalue weighted by atomic mass is 35.5. The summed E-state index contributed by atoms with van der Waals surface area (Å²) < 4.78 is 16.4. The van der Waals surface area contributed by atoms with Gasteiger partial charge in [0, 0.05) is 31.8 Å². The Morgan fingerprint density at radius 1 is 1.12 bits per heavy atom. The number of nitrogens with zero attached hydrogens (tertiary/aromatic N) is 1. The van der Waals surface area contributed by atoms with E-state index in [9.17, 15) is 0 Å². The van der Waals surface area contributed by atoms with Gasteiger partial charge in [0.15, 0.2) is 11.5 Å². The van der Waals surface area contributed by atoms with Gasteiger partial charge in [-0.25, -0.2) is 0 Å². The Labute approximate surface area is 161 Å². The van der Waals surface area contributed by atoms with Crippen LogP contribution in [0.2, 0.25) is 5.02 Å². The van der Waals surface area contributed by atoms with E-state index in [0.29, 0.717) is 16.5 Å². The van der Waals surface area contributed by atoms with Crippen molar-refractivity contribution in [1.29, 1.82) is 0 Å². The molecule has 6 heteroatoms. The topological polar surface area (TPSA) is 43.0 Å². The van der Waals surface area contributed by atoms with Crippen LogP contribution in [0.1, 0.15) is 37.7 Å². The molecule has 0 bridgehead atoms. The molecule has 2 aliphatic rings. The minimum absolute atomic E-state index is 0.210. The largest absolute Gasteiger partial charge is 0.493 e. The molecule has 0 unspecified atom stereocenters. The third-order valence-electron chi connectivity index (χ3n) is 5.78. The maximum Gasteiger partial charge on any atom is 0.179 e. The zero-order valence-electron chi connectivity index (χ0n) is 16.0. The average molecular weight is 383 g/mol. The summed E-state index contributed by atoms with van der Waals surface area (Å²) in [5.41, 5.74) is 1.24. The standard InChI is InChI=1S/C20H31ClN2O3/c1-24-17-7-6-16(18(21)19(17)25-2)14-22-15-20(8-12-26-13-9-20)23-10-4-3-5-11-23/h6-7,22H,3-5,8-15H2,1-2H3. The lowest BCUT2D eigenvalue weighted by Gasteiger charge is -2.48. The Morgan fingerprint density at radius 2 is 1.85 bits per heavy atom. The first-order valence-corrected chi connectivity index (χ1v) is 10.0. The molecule has 1 aromatic rings. The monoisotopic (exact) mass is 382 g/mol. The van der Waals surface area contributed by atoms with E-state index in [1.165, 1.54) is 32.4 Å². The van der Waals surface area contributed by atoms with Crippen molar-refractivity contribution in [1.82, 2.24) is 10.2 Å². The molecule has 0 aliphatic carbocycles. The van der Waals surface area contributed by atoms with Crippen LogP contribution in [0.15, 0.2) is 12.1 Å². The average Bonchev–Trinajstić information content (AvgIpc) is 2.70. The number of nitrogens with one attached hydrogen (secondary N) is 1. The fraction of sp³-hybridized carbons (Fsp3) is 0.700. The third-order valence-corrected chi connectivity index (χ3v) is 6.20. The van der Waals surface area contributed by atoms with Crippen LogP contribution >= 0.6 is 11.6 Å². The van der Waals surface area contributed by atoms with E-state index in [1.54, 1.807) is 14.2 Å². The Balaban J connectivity index is 1.66. The van der Waals surface area contributed by atoms with Gasteiger partial charge in [-0.3, -0.25) is 4.90 Å². The molecule has 5 nitrogen and oxygen atoms in total. The van der Waals surface area contributed by atoms with Crippen LogP contribution in [0.3, 0.4) is 0 Å². The van der Waals surface area contributed by atoms with Crippen LogP contribution in [-0.4, -0.2) is 57.5 Å². The van der Waals surface area contributed by atoms with Crippen molar-refractivity contribution in [3.05, 3.63) is 22.7 Å². The number of likely N-dealkylation sites (tertiary alicyclic amines) is 1. The summed E-state index contributed by atoms with van der Waals surface area (Å²) in [5, 5.41) is 4.28. The van der Waals surface area contributed by atoms with Gasteiger partial charge >= 0.3 is 0 Å². The molecule has 0 aromatic heterocycles. The van der Waals surface area contributed by atoms with Crippen LogP contribution in [-0.2, 0) is 11.3 Å². The van der Waals surface area contributed by atoms with E-state index in [1.807, 2.05) is 12.1 Å². The van der Waals surface area contributed by atoms with Gasteiger partial charge in [0.05, 0.1) is 19.2 Å². The van der Waals surface area contributed by atoms with Gasteiger partial charge in [0.25, 0.3) is 0 Å². The van der Waals surface area contributed by atoms with E-state index in [4.69, 9.17) is 25.8 Å². The lowest BCUT2D eigenvalue weighted by molar-refractivity contribution is -0.0358. The minimum atomic E-state index is 0.210. The first kappa shape index (κ1) is 19.7. The highest BCUT2D eigenvalue weighted by molar-refractivity contribution is 6.33. The second kappa shape index (κ2) is 9.27. The van der Waals surface area contributed by atoms with Crippen molar-refractivity contribution in [3.8, 4) is 11.5 Å². The fourth-order valence-corrected chi connectivity index (χ4v) is 4.52. The van der Waals surface area contributed by atoms with Gasteiger partial charge in [-0.1, -0.05) is 24.1 Å². The molecule has 2 aliphatic heterocycles. The molecule has 1 aromatic carbocycles. The summed E-state index contributed by atoms with van der Waals surface area (Å²) in [7, 11) is 3.24. The highest BCUT2D eigenvalue weighted by Gasteiger charge is 2.38. The fourth-order valence-electron chi connectivity index (χ4n) is 4.22. The zero-order chi connectivity index (χ0) is 18.4. The lowest BCUT2D eigenvalue weighted by atomic mass is 9.86. The Kier molecular flexibility index (Phi) is 7.04. The number of ether oxygens (including phenoxy) is 3. The second-order valence-corrected chi connectivity index (χ2v) is 7.64. The molecule has 2 heterocycles. The smallest absolute Gasteiger partial charge is 0.179 e. The zero-order valence-corrected chi connectivity index (χ0v) is 16.7. The number of hydrogen-bond donors (Lipinski definition) is 1. The Hall–Kier alpha value is -1.01. The van der Waals surface area contributed by atoms with Gasteiger partial charge < -0.3 is 19.5 Å². The van der Waals surface area contributed by atoms with Crippen molar-refractivity contribution < 1.29 is 14.2 Å². The van der Waals surface area contributed by atoms with Crippen LogP contribution in [0.4, 0.5) is 0 Å². The molecule has 1 N–H and O–H groups in total. The van der Waals surface area contributed by atoms with Crippen molar-refractivity contribution >= 4 is 11.6 Å². The molecule has 0 radical (unpaired) electrons. The molecule has 2 fully saturated rings. The van der Waals surface area contributed by atoms with Crippen LogP contribution in [0, 0.1) is 0 Å². The summed E-state index contributed by atoms with van der Waals surface area (Å²) in [6.07, 6.45) is 6.17. The maximum absolute atomic E-state index is 6.52. The van der Waals surface area contributed by atoms with Gasteiger partial charge in [0.2, 0.25) is 0 Å². The lowest BCUT2D eigenvalue weighted by Crippen LogP contribution is -2.59. The van der Waals surface area contributed by atoms with Gasteiger partial charge in [-0.15, -0.1) is 0 Å². The van der Waals surface area contributed by atoms with Gasteiger partial charge in [-0.05, 0) is 50.4 Å². The van der Waals surface area contributed by atoms with Crippen LogP contribution < -0.4 is 14.8 Å². The summed E-state index contributed by atoms with van der Waals surface area (Å²) in [6.45, 7) is 5.80. The van der Waals surface area contributed by atoms with Crippen molar-refractivity contribution in [2.45, 2.75) is 44.2 Å². The maximum atomic E-state index is 6.52. The highest BCUT2D eigenvalue weighted by Crippen LogP contribution is 2.37. The van der Waals surface area contributed by atoms with Crippen molar-refractivity contribution in [2.75, 3.05) is 47.1 Å². The van der Waals surface area contributed by atoms with Crippen LogP contribution in [0.25, 0.3) is 0 Å². The summed E-state index contributed by atoms with van der Waals surface area (Å²) in [5.74, 6) is 1.26. The van der Waals surface area contributed by atoms with Crippen molar-refractivity contribution in [3.63, 3.8) is 0 Å². The number of hydrogen-bond acceptors (Lipinski definition) is 5. The van der Waals surface area contributed by atoms with E-state index in [2.05, 4.69) is 10.2 Å². The second-order valence-electron chi connectivity index (χ2n) is 7.26. The Bertz CT molecular complexity index is 585.